The number of aromatic nitrogens is 1. The minimum atomic E-state index is -0.334. The molecule has 0 aliphatic carbocycles. The highest BCUT2D eigenvalue weighted by Gasteiger charge is 2.15. The van der Waals surface area contributed by atoms with Gasteiger partial charge in [0.2, 0.25) is 0 Å². The van der Waals surface area contributed by atoms with E-state index in [9.17, 15) is 9.18 Å². The van der Waals surface area contributed by atoms with Crippen LogP contribution in [0.15, 0.2) is 57.7 Å². The quantitative estimate of drug-likeness (QED) is 0.519. The van der Waals surface area contributed by atoms with Crippen LogP contribution in [0.5, 0.6) is 0 Å². The van der Waals surface area contributed by atoms with E-state index in [1.54, 1.807) is 18.2 Å². The number of halogens is 1. The molecule has 0 aliphatic heterocycles. The maximum atomic E-state index is 13.1. The largest absolute Gasteiger partial charge is 0.454 e. The number of hydrogen-bond acceptors (Lipinski definition) is 2. The van der Waals surface area contributed by atoms with Gasteiger partial charge < -0.3 is 4.42 Å². The third-order valence-corrected chi connectivity index (χ3v) is 4.12. The first-order valence-electron chi connectivity index (χ1n) is 7.36. The van der Waals surface area contributed by atoms with Crippen LogP contribution < -0.4 is 5.56 Å². The molecule has 23 heavy (non-hydrogen) atoms. The van der Waals surface area contributed by atoms with Crippen molar-refractivity contribution in [3.8, 4) is 5.69 Å². The fraction of sp³-hybridized carbons (Fsp3) is 0.105. The van der Waals surface area contributed by atoms with Crippen molar-refractivity contribution in [2.24, 2.45) is 0 Å². The number of rotatable bonds is 1. The van der Waals surface area contributed by atoms with E-state index in [0.717, 1.165) is 21.9 Å². The second-order valence-corrected chi connectivity index (χ2v) is 5.72. The number of nitrogens with zero attached hydrogens (tertiary/aromatic N) is 1. The van der Waals surface area contributed by atoms with E-state index >= 15 is 0 Å². The predicted octanol–water partition coefficient (Wildman–Crippen LogP) is 4.49. The molecule has 2 heterocycles. The Morgan fingerprint density at radius 2 is 1.70 bits per heavy atom. The normalized spacial score (nSPS) is 11.4. The Hall–Kier alpha value is -2.88. The maximum absolute atomic E-state index is 13.1. The number of aryl methyl sites for hydroxylation is 2. The van der Waals surface area contributed by atoms with E-state index in [1.165, 1.54) is 16.7 Å². The zero-order chi connectivity index (χ0) is 16.1. The van der Waals surface area contributed by atoms with Gasteiger partial charge >= 0.3 is 0 Å². The lowest BCUT2D eigenvalue weighted by Crippen LogP contribution is -2.19. The SMILES string of the molecule is Cc1ccc2c(c1)oc1c(C)n(-c3ccc(F)cc3)c(=O)cc12. The molecule has 0 radical (unpaired) electrons. The second-order valence-electron chi connectivity index (χ2n) is 5.72. The zero-order valence-corrected chi connectivity index (χ0v) is 12.8. The molecule has 114 valence electrons. The van der Waals surface area contributed by atoms with Gasteiger partial charge in [-0.15, -0.1) is 0 Å². The number of pyridine rings is 1. The van der Waals surface area contributed by atoms with Crippen molar-refractivity contribution in [1.82, 2.24) is 4.57 Å². The summed E-state index contributed by atoms with van der Waals surface area (Å²) in [5, 5.41) is 1.73. The highest BCUT2D eigenvalue weighted by atomic mass is 19.1. The van der Waals surface area contributed by atoms with Crippen molar-refractivity contribution in [3.05, 3.63) is 76.0 Å². The summed E-state index contributed by atoms with van der Waals surface area (Å²) in [6.07, 6.45) is 0. The van der Waals surface area contributed by atoms with Crippen LogP contribution in [0.3, 0.4) is 0 Å². The first kappa shape index (κ1) is 13.8. The minimum absolute atomic E-state index is 0.162. The van der Waals surface area contributed by atoms with Crippen LogP contribution in [0.4, 0.5) is 4.39 Å². The lowest BCUT2D eigenvalue weighted by atomic mass is 10.1. The predicted molar refractivity (Wildman–Crippen MR) is 88.7 cm³/mol. The molecule has 0 spiro atoms. The van der Waals surface area contributed by atoms with Crippen molar-refractivity contribution in [2.75, 3.05) is 0 Å². The smallest absolute Gasteiger partial charge is 0.256 e. The summed E-state index contributed by atoms with van der Waals surface area (Å²) >= 11 is 0. The summed E-state index contributed by atoms with van der Waals surface area (Å²) in [7, 11) is 0. The van der Waals surface area contributed by atoms with Crippen LogP contribution in [-0.4, -0.2) is 4.57 Å². The van der Waals surface area contributed by atoms with Gasteiger partial charge in [-0.05, 0) is 49.7 Å². The van der Waals surface area contributed by atoms with Crippen LogP contribution in [0.2, 0.25) is 0 Å². The topological polar surface area (TPSA) is 35.1 Å². The van der Waals surface area contributed by atoms with Gasteiger partial charge in [0.1, 0.15) is 11.4 Å². The monoisotopic (exact) mass is 307 g/mol. The summed E-state index contributed by atoms with van der Waals surface area (Å²) in [4.78, 5) is 12.6. The molecule has 3 nitrogen and oxygen atoms in total. The average Bonchev–Trinajstić information content (AvgIpc) is 2.87. The van der Waals surface area contributed by atoms with Gasteiger partial charge in [0.05, 0.1) is 5.69 Å². The van der Waals surface area contributed by atoms with Crippen LogP contribution in [-0.2, 0) is 0 Å². The summed E-state index contributed by atoms with van der Waals surface area (Å²) in [5.74, 6) is -0.334. The van der Waals surface area contributed by atoms with E-state index in [-0.39, 0.29) is 11.4 Å². The Bertz CT molecular complexity index is 1100. The molecule has 4 heteroatoms. The molecule has 0 amide bonds. The lowest BCUT2D eigenvalue weighted by molar-refractivity contribution is 0.627. The molecule has 0 unspecified atom stereocenters. The average molecular weight is 307 g/mol. The second kappa shape index (κ2) is 4.81. The van der Waals surface area contributed by atoms with Crippen LogP contribution in [0.1, 0.15) is 11.3 Å². The fourth-order valence-corrected chi connectivity index (χ4v) is 3.00. The summed E-state index contributed by atoms with van der Waals surface area (Å²) in [6.45, 7) is 3.83. The molecule has 0 N–H and O–H groups in total. The molecular weight excluding hydrogens is 293 g/mol. The van der Waals surface area contributed by atoms with Gasteiger partial charge in [-0.2, -0.15) is 0 Å². The molecule has 0 saturated heterocycles. The molecular formula is C19H14FNO2. The Kier molecular flexibility index (Phi) is 2.88. The molecule has 0 bridgehead atoms. The summed E-state index contributed by atoms with van der Waals surface area (Å²) < 4.78 is 20.6. The van der Waals surface area contributed by atoms with E-state index in [2.05, 4.69) is 0 Å². The van der Waals surface area contributed by atoms with E-state index in [0.29, 0.717) is 17.0 Å². The number of hydrogen-bond donors (Lipinski definition) is 0. The standard InChI is InChI=1S/C19H14FNO2/c1-11-3-8-15-16-10-18(22)21(14-6-4-13(20)5-7-14)12(2)19(16)23-17(15)9-11/h3-10H,1-2H3. The van der Waals surface area contributed by atoms with E-state index < -0.39 is 0 Å². The first-order valence-corrected chi connectivity index (χ1v) is 7.36. The Labute approximate surface area is 131 Å². The zero-order valence-electron chi connectivity index (χ0n) is 12.8. The summed E-state index contributed by atoms with van der Waals surface area (Å²) in [5.41, 5.74) is 3.70. The first-order chi connectivity index (χ1) is 11.0. The highest BCUT2D eigenvalue weighted by molar-refractivity contribution is 6.05. The fourth-order valence-electron chi connectivity index (χ4n) is 3.00. The number of furan rings is 1. The maximum Gasteiger partial charge on any atom is 0.256 e. The lowest BCUT2D eigenvalue weighted by Gasteiger charge is -2.09. The Morgan fingerprint density at radius 3 is 2.43 bits per heavy atom. The van der Waals surface area contributed by atoms with Gasteiger partial charge in [-0.1, -0.05) is 12.1 Å². The molecule has 0 aliphatic rings. The number of fused-ring (bicyclic) bond motifs is 3. The van der Waals surface area contributed by atoms with Gasteiger partial charge in [0.25, 0.3) is 5.56 Å². The highest BCUT2D eigenvalue weighted by Crippen LogP contribution is 2.30. The molecule has 0 atom stereocenters. The van der Waals surface area contributed by atoms with Gasteiger partial charge in [0.15, 0.2) is 5.58 Å². The van der Waals surface area contributed by atoms with Gasteiger partial charge in [0, 0.05) is 22.5 Å². The van der Waals surface area contributed by atoms with Gasteiger partial charge in [-0.25, -0.2) is 4.39 Å². The van der Waals surface area contributed by atoms with Crippen molar-refractivity contribution in [2.45, 2.75) is 13.8 Å². The molecule has 4 rings (SSSR count). The van der Waals surface area contributed by atoms with Crippen LogP contribution >= 0.6 is 0 Å². The molecule has 2 aromatic heterocycles. The molecule has 0 fully saturated rings. The third-order valence-electron chi connectivity index (χ3n) is 4.12. The third kappa shape index (κ3) is 2.06. The van der Waals surface area contributed by atoms with E-state index in [1.807, 2.05) is 32.0 Å². The van der Waals surface area contributed by atoms with Crippen molar-refractivity contribution < 1.29 is 8.81 Å². The Balaban J connectivity index is 2.09. The van der Waals surface area contributed by atoms with Crippen LogP contribution in [0.25, 0.3) is 27.6 Å². The van der Waals surface area contributed by atoms with Crippen LogP contribution in [0, 0.1) is 19.7 Å². The van der Waals surface area contributed by atoms with E-state index in [4.69, 9.17) is 4.42 Å². The summed E-state index contributed by atoms with van der Waals surface area (Å²) in [6, 6.07) is 13.4. The minimum Gasteiger partial charge on any atom is -0.454 e. The molecule has 4 aromatic rings. The molecule has 2 aromatic carbocycles. The van der Waals surface area contributed by atoms with Gasteiger partial charge in [-0.3, -0.25) is 9.36 Å². The van der Waals surface area contributed by atoms with Crippen molar-refractivity contribution in [3.63, 3.8) is 0 Å². The van der Waals surface area contributed by atoms with Crippen molar-refractivity contribution >= 4 is 21.9 Å². The van der Waals surface area contributed by atoms with Crippen molar-refractivity contribution in [1.29, 1.82) is 0 Å². The Morgan fingerprint density at radius 1 is 0.957 bits per heavy atom. The number of benzene rings is 2. The molecule has 0 saturated carbocycles.